The van der Waals surface area contributed by atoms with Gasteiger partial charge in [-0.15, -0.1) is 0 Å². The first-order valence-electron chi connectivity index (χ1n) is 9.94. The number of benzene rings is 1. The second-order valence-electron chi connectivity index (χ2n) is 7.65. The van der Waals surface area contributed by atoms with E-state index in [4.69, 9.17) is 16.3 Å². The fourth-order valence-electron chi connectivity index (χ4n) is 3.58. The minimum Gasteiger partial charge on any atom is -0.484 e. The standard InChI is InChI=1S/C21H19ClF4N4O2S/c22-13-3-2-12(5-14(13)23)32-10-20(31)29-16-7-27-15(6-18(16)33)17-9-30-8-11(21(24,25)26)1-4-19(30)28-17/h1-5,8-9,15-16,18,27,33H,6-7,10H2,(H,29,31)/t15-,16-,18?/m1/s1. The predicted octanol–water partition coefficient (Wildman–Crippen LogP) is 4.04. The number of ether oxygens (including phenoxy) is 1. The summed E-state index contributed by atoms with van der Waals surface area (Å²) in [5, 5.41) is 5.79. The lowest BCUT2D eigenvalue weighted by Gasteiger charge is -2.34. The van der Waals surface area contributed by atoms with E-state index < -0.39 is 23.5 Å². The lowest BCUT2D eigenvalue weighted by atomic mass is 9.98. The molecule has 2 aromatic heterocycles. The van der Waals surface area contributed by atoms with Crippen LogP contribution in [0.4, 0.5) is 17.6 Å². The first kappa shape index (κ1) is 23.7. The molecule has 4 rings (SSSR count). The van der Waals surface area contributed by atoms with Crippen molar-refractivity contribution in [3.63, 3.8) is 0 Å². The maximum atomic E-state index is 13.5. The van der Waals surface area contributed by atoms with Crippen LogP contribution in [0.1, 0.15) is 23.7 Å². The molecule has 3 atom stereocenters. The Labute approximate surface area is 196 Å². The first-order valence-corrected chi connectivity index (χ1v) is 10.8. The number of aromatic nitrogens is 2. The highest BCUT2D eigenvalue weighted by Crippen LogP contribution is 2.31. The summed E-state index contributed by atoms with van der Waals surface area (Å²) in [6.45, 7) is 0.0668. The van der Waals surface area contributed by atoms with Gasteiger partial charge in [0.1, 0.15) is 17.2 Å². The van der Waals surface area contributed by atoms with Crippen LogP contribution in [0.25, 0.3) is 5.65 Å². The van der Waals surface area contributed by atoms with E-state index in [0.29, 0.717) is 24.3 Å². The number of fused-ring (bicyclic) bond motifs is 1. The molecule has 1 aliphatic rings. The van der Waals surface area contributed by atoms with E-state index in [1.54, 1.807) is 6.20 Å². The molecule has 3 aromatic rings. The van der Waals surface area contributed by atoms with Gasteiger partial charge < -0.3 is 19.8 Å². The predicted molar refractivity (Wildman–Crippen MR) is 117 cm³/mol. The number of imidazole rings is 1. The molecule has 12 heteroatoms. The molecule has 0 saturated carbocycles. The van der Waals surface area contributed by atoms with Crippen molar-refractivity contribution >= 4 is 35.8 Å². The molecular weight excluding hydrogens is 484 g/mol. The highest BCUT2D eigenvalue weighted by molar-refractivity contribution is 7.81. The van der Waals surface area contributed by atoms with Gasteiger partial charge in [0.25, 0.3) is 5.91 Å². The third-order valence-corrected chi connectivity index (χ3v) is 6.16. The number of halogens is 5. The van der Waals surface area contributed by atoms with Crippen LogP contribution in [0.2, 0.25) is 5.02 Å². The molecule has 2 N–H and O–H groups in total. The number of nitrogens with one attached hydrogen (secondary N) is 2. The van der Waals surface area contributed by atoms with Gasteiger partial charge in [-0.1, -0.05) is 11.6 Å². The molecule has 176 valence electrons. The van der Waals surface area contributed by atoms with Crippen LogP contribution in [0.3, 0.4) is 0 Å². The molecular formula is C21H19ClF4N4O2S. The van der Waals surface area contributed by atoms with Crippen molar-refractivity contribution in [3.05, 3.63) is 64.8 Å². The van der Waals surface area contributed by atoms with Crippen molar-refractivity contribution in [2.24, 2.45) is 0 Å². The topological polar surface area (TPSA) is 67.7 Å². The average Bonchev–Trinajstić information content (AvgIpc) is 3.19. The van der Waals surface area contributed by atoms with Crippen molar-refractivity contribution in [3.8, 4) is 5.75 Å². The molecule has 0 spiro atoms. The number of hydrogen-bond acceptors (Lipinski definition) is 5. The summed E-state index contributed by atoms with van der Waals surface area (Å²) < 4.78 is 58.9. The number of amides is 1. The number of hydrogen-bond donors (Lipinski definition) is 3. The number of carbonyl (C=O) groups excluding carboxylic acids is 1. The van der Waals surface area contributed by atoms with Gasteiger partial charge in [-0.05, 0) is 30.7 Å². The summed E-state index contributed by atoms with van der Waals surface area (Å²) in [6, 6.07) is 5.66. The Morgan fingerprint density at radius 2 is 2.09 bits per heavy atom. The summed E-state index contributed by atoms with van der Waals surface area (Å²) in [4.78, 5) is 16.6. The SMILES string of the molecule is O=C(COc1ccc(Cl)c(F)c1)N[C@@H]1CN[C@@H](c2cn3cc(C(F)(F)F)ccc3n2)CC1S. The molecule has 1 saturated heterocycles. The van der Waals surface area contributed by atoms with Crippen LogP contribution in [-0.2, 0) is 11.0 Å². The number of nitrogens with zero attached hydrogens (tertiary/aromatic N) is 2. The third-order valence-electron chi connectivity index (χ3n) is 5.29. The molecule has 0 aliphatic carbocycles. The molecule has 33 heavy (non-hydrogen) atoms. The minimum absolute atomic E-state index is 0.0426. The zero-order valence-corrected chi connectivity index (χ0v) is 18.6. The fraction of sp³-hybridized carbons (Fsp3) is 0.333. The van der Waals surface area contributed by atoms with Crippen LogP contribution < -0.4 is 15.4 Å². The van der Waals surface area contributed by atoms with E-state index in [1.165, 1.54) is 22.6 Å². The Morgan fingerprint density at radius 1 is 1.30 bits per heavy atom. The quantitative estimate of drug-likeness (QED) is 0.364. The monoisotopic (exact) mass is 502 g/mol. The van der Waals surface area contributed by atoms with Gasteiger partial charge in [-0.2, -0.15) is 25.8 Å². The third kappa shape index (κ3) is 5.53. The molecule has 6 nitrogen and oxygen atoms in total. The number of thiol groups is 1. The lowest BCUT2D eigenvalue weighted by Crippen LogP contribution is -2.53. The second kappa shape index (κ2) is 9.40. The number of carbonyl (C=O) groups is 1. The van der Waals surface area contributed by atoms with Crippen LogP contribution in [0.5, 0.6) is 5.75 Å². The normalized spacial score (nSPS) is 21.2. The maximum absolute atomic E-state index is 13.5. The van der Waals surface area contributed by atoms with E-state index in [1.807, 2.05) is 0 Å². The smallest absolute Gasteiger partial charge is 0.417 e. The molecule has 0 bridgehead atoms. The van der Waals surface area contributed by atoms with Crippen LogP contribution >= 0.6 is 24.2 Å². The van der Waals surface area contributed by atoms with E-state index in [2.05, 4.69) is 28.2 Å². The van der Waals surface area contributed by atoms with Gasteiger partial charge in [0.15, 0.2) is 6.61 Å². The number of rotatable bonds is 5. The number of pyridine rings is 1. The van der Waals surface area contributed by atoms with Crippen LogP contribution in [0, 0.1) is 5.82 Å². The molecule has 1 fully saturated rings. The minimum atomic E-state index is -4.44. The van der Waals surface area contributed by atoms with Gasteiger partial charge in [-0.3, -0.25) is 4.79 Å². The van der Waals surface area contributed by atoms with Crippen LogP contribution in [0.15, 0.2) is 42.7 Å². The van der Waals surface area contributed by atoms with Crippen molar-refractivity contribution in [1.82, 2.24) is 20.0 Å². The number of piperidine rings is 1. The molecule has 1 aromatic carbocycles. The average molecular weight is 503 g/mol. The van der Waals surface area contributed by atoms with Gasteiger partial charge in [0, 0.05) is 30.3 Å². The van der Waals surface area contributed by atoms with E-state index in [9.17, 15) is 22.4 Å². The Bertz CT molecular complexity index is 1170. The zero-order valence-electron chi connectivity index (χ0n) is 16.9. The highest BCUT2D eigenvalue weighted by atomic mass is 35.5. The van der Waals surface area contributed by atoms with Crippen molar-refractivity contribution in [2.75, 3.05) is 13.2 Å². The largest absolute Gasteiger partial charge is 0.484 e. The summed E-state index contributed by atoms with van der Waals surface area (Å²) >= 11 is 10.2. The van der Waals surface area contributed by atoms with E-state index in [-0.39, 0.29) is 34.7 Å². The molecule has 1 amide bonds. The first-order chi connectivity index (χ1) is 15.6. The van der Waals surface area contributed by atoms with Gasteiger partial charge in [-0.25, -0.2) is 9.37 Å². The van der Waals surface area contributed by atoms with E-state index >= 15 is 0 Å². The molecule has 1 unspecified atom stereocenters. The van der Waals surface area contributed by atoms with Gasteiger partial charge in [0.05, 0.1) is 28.4 Å². The highest BCUT2D eigenvalue weighted by Gasteiger charge is 2.33. The Morgan fingerprint density at radius 3 is 2.79 bits per heavy atom. The lowest BCUT2D eigenvalue weighted by molar-refractivity contribution is -0.137. The van der Waals surface area contributed by atoms with Crippen molar-refractivity contribution < 1.29 is 27.1 Å². The van der Waals surface area contributed by atoms with Crippen molar-refractivity contribution in [1.29, 1.82) is 0 Å². The fourth-order valence-corrected chi connectivity index (χ4v) is 4.09. The molecule has 0 radical (unpaired) electrons. The Hall–Kier alpha value is -2.50. The van der Waals surface area contributed by atoms with Gasteiger partial charge >= 0.3 is 6.18 Å². The summed E-state index contributed by atoms with van der Waals surface area (Å²) in [6.07, 6.45) is -1.38. The zero-order chi connectivity index (χ0) is 23.8. The molecule has 1 aliphatic heterocycles. The maximum Gasteiger partial charge on any atom is 0.417 e. The number of alkyl halides is 3. The Balaban J connectivity index is 1.33. The second-order valence-corrected chi connectivity index (χ2v) is 8.72. The van der Waals surface area contributed by atoms with Crippen molar-refractivity contribution in [2.45, 2.75) is 29.9 Å². The summed E-state index contributed by atoms with van der Waals surface area (Å²) in [5.41, 5.74) is 0.238. The van der Waals surface area contributed by atoms with E-state index in [0.717, 1.165) is 18.3 Å². The summed E-state index contributed by atoms with van der Waals surface area (Å²) in [5.74, 6) is -0.868. The molecule has 3 heterocycles. The van der Waals surface area contributed by atoms with Crippen LogP contribution in [-0.4, -0.2) is 39.7 Å². The Kier molecular flexibility index (Phi) is 6.73. The summed E-state index contributed by atoms with van der Waals surface area (Å²) in [7, 11) is 0. The van der Waals surface area contributed by atoms with Gasteiger partial charge in [0.2, 0.25) is 0 Å².